The van der Waals surface area contributed by atoms with E-state index in [9.17, 15) is 0 Å². The topological polar surface area (TPSA) is 65.3 Å². The van der Waals surface area contributed by atoms with Gasteiger partial charge in [-0.15, -0.1) is 5.10 Å². The molecule has 0 saturated heterocycles. The number of aromatic nitrogens is 4. The third kappa shape index (κ3) is 2.26. The third-order valence-corrected chi connectivity index (χ3v) is 5.02. The summed E-state index contributed by atoms with van der Waals surface area (Å²) in [6, 6.07) is 5.82. The zero-order valence-corrected chi connectivity index (χ0v) is 13.5. The van der Waals surface area contributed by atoms with Gasteiger partial charge in [-0.3, -0.25) is 4.90 Å². The Kier molecular flexibility index (Phi) is 3.45. The van der Waals surface area contributed by atoms with Crippen molar-refractivity contribution in [1.29, 1.82) is 0 Å². The van der Waals surface area contributed by atoms with E-state index in [1.807, 2.05) is 22.9 Å². The molecule has 0 bridgehead atoms. The normalized spacial score (nSPS) is 19.3. The number of fused-ring (bicyclic) bond motifs is 1. The van der Waals surface area contributed by atoms with Gasteiger partial charge in [0.05, 0.1) is 11.2 Å². The van der Waals surface area contributed by atoms with E-state index >= 15 is 0 Å². The van der Waals surface area contributed by atoms with Crippen LogP contribution >= 0.6 is 0 Å². The van der Waals surface area contributed by atoms with Crippen LogP contribution in [0.15, 0.2) is 18.2 Å². The largest absolute Gasteiger partial charge is 0.454 e. The van der Waals surface area contributed by atoms with Crippen LogP contribution in [0, 0.1) is 0 Å². The lowest BCUT2D eigenvalue weighted by Gasteiger charge is -2.41. The maximum absolute atomic E-state index is 5.48. The van der Waals surface area contributed by atoms with Gasteiger partial charge in [0, 0.05) is 6.07 Å². The van der Waals surface area contributed by atoms with Gasteiger partial charge in [-0.2, -0.15) is 4.68 Å². The zero-order valence-electron chi connectivity index (χ0n) is 13.5. The predicted molar refractivity (Wildman–Crippen MR) is 83.7 cm³/mol. The van der Waals surface area contributed by atoms with E-state index < -0.39 is 0 Å². The monoisotopic (exact) mass is 315 g/mol. The number of nitrogens with zero attached hydrogens (tertiary/aromatic N) is 5. The van der Waals surface area contributed by atoms with Gasteiger partial charge in [-0.05, 0) is 49.5 Å². The summed E-state index contributed by atoms with van der Waals surface area (Å²) in [7, 11) is 4.23. The average Bonchev–Trinajstić information content (AvgIpc) is 3.23. The minimum absolute atomic E-state index is 0.113. The summed E-state index contributed by atoms with van der Waals surface area (Å²) in [4.78, 5) is 2.27. The smallest absolute Gasteiger partial charge is 0.231 e. The van der Waals surface area contributed by atoms with Crippen LogP contribution in [-0.2, 0) is 5.54 Å². The first-order valence-electron chi connectivity index (χ1n) is 8.07. The molecule has 1 aromatic heterocycles. The second-order valence-corrected chi connectivity index (χ2v) is 6.44. The van der Waals surface area contributed by atoms with Gasteiger partial charge in [0.1, 0.15) is 0 Å². The molecule has 0 N–H and O–H groups in total. The summed E-state index contributed by atoms with van der Waals surface area (Å²) in [6.07, 6.45) is 5.83. The van der Waals surface area contributed by atoms with Gasteiger partial charge in [-0.25, -0.2) is 0 Å². The van der Waals surface area contributed by atoms with E-state index in [2.05, 4.69) is 34.5 Å². The van der Waals surface area contributed by atoms with Crippen molar-refractivity contribution in [3.63, 3.8) is 0 Å². The molecule has 23 heavy (non-hydrogen) atoms. The fraction of sp³-hybridized carbons (Fsp3) is 0.562. The summed E-state index contributed by atoms with van der Waals surface area (Å²) in [6.45, 7) is 0.267. The molecule has 122 valence electrons. The number of ether oxygens (including phenoxy) is 2. The maximum atomic E-state index is 5.48. The fourth-order valence-electron chi connectivity index (χ4n) is 3.68. The van der Waals surface area contributed by atoms with E-state index in [0.29, 0.717) is 0 Å². The first-order chi connectivity index (χ1) is 11.2. The molecule has 7 heteroatoms. The Morgan fingerprint density at radius 3 is 2.65 bits per heavy atom. The number of rotatable bonds is 3. The number of tetrazole rings is 1. The molecule has 2 aromatic rings. The lowest BCUT2D eigenvalue weighted by molar-refractivity contribution is 0.0865. The van der Waals surface area contributed by atoms with Crippen LogP contribution in [0.5, 0.6) is 11.5 Å². The minimum atomic E-state index is -0.113. The molecule has 1 saturated carbocycles. The summed E-state index contributed by atoms with van der Waals surface area (Å²) in [5.74, 6) is 2.41. The van der Waals surface area contributed by atoms with Crippen molar-refractivity contribution in [3.8, 4) is 17.2 Å². The Bertz CT molecular complexity index is 706. The summed E-state index contributed by atoms with van der Waals surface area (Å²) in [5, 5.41) is 12.6. The zero-order chi connectivity index (χ0) is 15.9. The van der Waals surface area contributed by atoms with Gasteiger partial charge in [0.15, 0.2) is 17.3 Å². The molecule has 0 unspecified atom stereocenters. The number of benzene rings is 1. The Labute approximate surface area is 135 Å². The fourth-order valence-corrected chi connectivity index (χ4v) is 3.68. The van der Waals surface area contributed by atoms with Gasteiger partial charge >= 0.3 is 0 Å². The van der Waals surface area contributed by atoms with Crippen molar-refractivity contribution in [2.75, 3.05) is 20.9 Å². The van der Waals surface area contributed by atoms with Crippen LogP contribution in [-0.4, -0.2) is 46.0 Å². The standard InChI is InChI=1S/C16H21N5O2/c1-20(2)16(8-4-3-5-9-16)15-17-18-19-21(15)12-6-7-13-14(10-12)23-11-22-13/h6-7,10H,3-5,8-9,11H2,1-2H3. The van der Waals surface area contributed by atoms with E-state index in [-0.39, 0.29) is 12.3 Å². The Morgan fingerprint density at radius 2 is 1.87 bits per heavy atom. The van der Waals surface area contributed by atoms with Crippen molar-refractivity contribution >= 4 is 0 Å². The van der Waals surface area contributed by atoms with Gasteiger partial charge in [-0.1, -0.05) is 19.3 Å². The second-order valence-electron chi connectivity index (χ2n) is 6.44. The first-order valence-corrected chi connectivity index (χ1v) is 8.07. The van der Waals surface area contributed by atoms with Crippen LogP contribution in [0.25, 0.3) is 5.69 Å². The molecule has 1 fully saturated rings. The van der Waals surface area contributed by atoms with Gasteiger partial charge in [0.25, 0.3) is 0 Å². The molecule has 2 aliphatic rings. The third-order valence-electron chi connectivity index (χ3n) is 5.02. The Morgan fingerprint density at radius 1 is 1.09 bits per heavy atom. The quantitative estimate of drug-likeness (QED) is 0.864. The summed E-state index contributed by atoms with van der Waals surface area (Å²) >= 11 is 0. The van der Waals surface area contributed by atoms with Gasteiger partial charge in [0.2, 0.25) is 6.79 Å². The van der Waals surface area contributed by atoms with E-state index in [0.717, 1.165) is 35.9 Å². The van der Waals surface area contributed by atoms with Crippen LogP contribution in [0.4, 0.5) is 0 Å². The van der Waals surface area contributed by atoms with Crippen molar-refractivity contribution < 1.29 is 9.47 Å². The highest BCUT2D eigenvalue weighted by molar-refractivity contribution is 5.50. The number of hydrogen-bond acceptors (Lipinski definition) is 6. The molecular formula is C16H21N5O2. The maximum Gasteiger partial charge on any atom is 0.231 e. The van der Waals surface area contributed by atoms with Gasteiger partial charge < -0.3 is 9.47 Å². The molecule has 0 radical (unpaired) electrons. The van der Waals surface area contributed by atoms with E-state index in [1.165, 1.54) is 19.3 Å². The van der Waals surface area contributed by atoms with Crippen LogP contribution in [0.3, 0.4) is 0 Å². The van der Waals surface area contributed by atoms with Crippen molar-refractivity contribution in [2.45, 2.75) is 37.6 Å². The average molecular weight is 315 g/mol. The summed E-state index contributed by atoms with van der Waals surface area (Å²) < 4.78 is 12.7. The Balaban J connectivity index is 1.78. The van der Waals surface area contributed by atoms with Crippen LogP contribution in [0.1, 0.15) is 37.9 Å². The van der Waals surface area contributed by atoms with Crippen LogP contribution < -0.4 is 9.47 Å². The molecule has 1 aliphatic carbocycles. The van der Waals surface area contributed by atoms with Crippen molar-refractivity contribution in [1.82, 2.24) is 25.1 Å². The minimum Gasteiger partial charge on any atom is -0.454 e. The van der Waals surface area contributed by atoms with Crippen molar-refractivity contribution in [2.24, 2.45) is 0 Å². The first kappa shape index (κ1) is 14.4. The number of hydrogen-bond donors (Lipinski definition) is 0. The lowest BCUT2D eigenvalue weighted by atomic mass is 9.80. The van der Waals surface area contributed by atoms with Crippen LogP contribution in [0.2, 0.25) is 0 Å². The molecule has 0 amide bonds. The highest BCUT2D eigenvalue weighted by Crippen LogP contribution is 2.41. The highest BCUT2D eigenvalue weighted by atomic mass is 16.7. The molecular weight excluding hydrogens is 294 g/mol. The molecule has 1 aliphatic heterocycles. The second kappa shape index (κ2) is 5.49. The molecule has 2 heterocycles. The summed E-state index contributed by atoms with van der Waals surface area (Å²) in [5.41, 5.74) is 0.791. The molecule has 0 spiro atoms. The molecule has 7 nitrogen and oxygen atoms in total. The van der Waals surface area contributed by atoms with E-state index in [1.54, 1.807) is 0 Å². The molecule has 0 atom stereocenters. The molecule has 4 rings (SSSR count). The highest BCUT2D eigenvalue weighted by Gasteiger charge is 2.41. The predicted octanol–water partition coefficient (Wildman–Crippen LogP) is 2.11. The van der Waals surface area contributed by atoms with Crippen molar-refractivity contribution in [3.05, 3.63) is 24.0 Å². The lowest BCUT2D eigenvalue weighted by Crippen LogP contribution is -2.45. The Hall–Kier alpha value is -2.15. The molecule has 1 aromatic carbocycles. The van der Waals surface area contributed by atoms with E-state index in [4.69, 9.17) is 9.47 Å². The SMILES string of the molecule is CN(C)C1(c2nnnn2-c2ccc3c(c2)OCO3)CCCCC1.